The molecule has 0 saturated carbocycles. The maximum Gasteiger partial charge on any atom is 0.261 e. The molecule has 0 fully saturated rings. The second kappa shape index (κ2) is 10.1. The van der Waals surface area contributed by atoms with Crippen molar-refractivity contribution in [3.05, 3.63) is 102 Å². The van der Waals surface area contributed by atoms with Gasteiger partial charge in [0.25, 0.3) is 5.91 Å². The number of nitrogens with one attached hydrogen (secondary N) is 1. The molecule has 5 rings (SSSR count). The van der Waals surface area contributed by atoms with Crippen molar-refractivity contribution in [2.45, 2.75) is 6.92 Å². The number of nitrogens with two attached hydrogens (primary N) is 1. The number of carbonyl (C=O) groups excluding carboxylic acids is 2. The Bertz CT molecular complexity index is 1760. The van der Waals surface area contributed by atoms with Gasteiger partial charge in [-0.25, -0.2) is 13.8 Å². The van der Waals surface area contributed by atoms with Gasteiger partial charge < -0.3 is 20.9 Å². The van der Waals surface area contributed by atoms with Crippen LogP contribution in [0.1, 0.15) is 26.4 Å². The number of carbonyl (C=O) groups is 2. The highest BCUT2D eigenvalue weighted by Gasteiger charge is 2.20. The third kappa shape index (κ3) is 5.05. The van der Waals surface area contributed by atoms with Crippen LogP contribution in [0.3, 0.4) is 0 Å². The first-order chi connectivity index (χ1) is 18.7. The number of hydrogen-bond acceptors (Lipinski definition) is 7. The van der Waals surface area contributed by atoms with Crippen molar-refractivity contribution in [1.29, 1.82) is 0 Å². The second-order valence-corrected chi connectivity index (χ2v) is 8.45. The van der Waals surface area contributed by atoms with Crippen molar-refractivity contribution in [2.24, 2.45) is 5.73 Å². The van der Waals surface area contributed by atoms with Crippen LogP contribution in [0.2, 0.25) is 0 Å². The number of benzene rings is 2. The van der Waals surface area contributed by atoms with Crippen LogP contribution < -0.4 is 15.8 Å². The Balaban J connectivity index is 1.38. The van der Waals surface area contributed by atoms with E-state index in [-0.39, 0.29) is 39.6 Å². The summed E-state index contributed by atoms with van der Waals surface area (Å²) in [6.07, 6.45) is 3.88. The highest BCUT2D eigenvalue weighted by atomic mass is 19.1. The van der Waals surface area contributed by atoms with E-state index in [1.807, 2.05) is 0 Å². The summed E-state index contributed by atoms with van der Waals surface area (Å²) in [6.45, 7) is 1.65. The maximum atomic E-state index is 14.9. The smallest absolute Gasteiger partial charge is 0.261 e. The number of aromatic nitrogens is 3. The van der Waals surface area contributed by atoms with Gasteiger partial charge in [0.15, 0.2) is 17.3 Å². The molecule has 2 amide bonds. The van der Waals surface area contributed by atoms with Crippen molar-refractivity contribution < 1.29 is 28.2 Å². The van der Waals surface area contributed by atoms with Gasteiger partial charge in [-0.05, 0) is 42.8 Å². The lowest BCUT2D eigenvalue weighted by Gasteiger charge is -2.13. The fourth-order valence-corrected chi connectivity index (χ4v) is 3.92. The summed E-state index contributed by atoms with van der Waals surface area (Å²) in [5.74, 6) is -2.93. The van der Waals surface area contributed by atoms with Crippen molar-refractivity contribution >= 4 is 28.5 Å². The first-order valence-corrected chi connectivity index (χ1v) is 11.5. The predicted molar refractivity (Wildman–Crippen MR) is 139 cm³/mol. The molecule has 0 atom stereocenters. The minimum atomic E-state index is -0.787. The molecule has 9 nitrogen and oxygen atoms in total. The Morgan fingerprint density at radius 2 is 1.72 bits per heavy atom. The predicted octanol–water partition coefficient (Wildman–Crippen LogP) is 5.13. The third-order valence-electron chi connectivity index (χ3n) is 5.85. The Hall–Kier alpha value is -5.45. The molecule has 5 aromatic rings. The van der Waals surface area contributed by atoms with Crippen LogP contribution in [0, 0.1) is 18.6 Å². The summed E-state index contributed by atoms with van der Waals surface area (Å²) in [6, 6.07) is 12.1. The van der Waals surface area contributed by atoms with Crippen LogP contribution in [0.4, 0.5) is 14.5 Å². The summed E-state index contributed by atoms with van der Waals surface area (Å²) in [5.41, 5.74) is 7.20. The Morgan fingerprint density at radius 3 is 2.44 bits per heavy atom. The van der Waals surface area contributed by atoms with Crippen LogP contribution in [-0.4, -0.2) is 31.9 Å². The second-order valence-electron chi connectivity index (χ2n) is 8.45. The van der Waals surface area contributed by atoms with Gasteiger partial charge >= 0.3 is 0 Å². The largest absolute Gasteiger partial charge is 0.506 e. The number of amides is 2. The normalized spacial score (nSPS) is 10.8. The molecule has 0 radical (unpaired) electrons. The molecule has 4 N–H and O–H groups in total. The van der Waals surface area contributed by atoms with Gasteiger partial charge in [-0.15, -0.1) is 0 Å². The number of aryl methyl sites for hydroxylation is 1. The molecule has 0 unspecified atom stereocenters. The van der Waals surface area contributed by atoms with Gasteiger partial charge in [0, 0.05) is 47.7 Å². The minimum absolute atomic E-state index is 0.0944. The number of pyridine rings is 3. The maximum absolute atomic E-state index is 14.9. The number of aromatic hydroxyl groups is 1. The molecule has 194 valence electrons. The summed E-state index contributed by atoms with van der Waals surface area (Å²) in [4.78, 5) is 36.8. The lowest BCUT2D eigenvalue weighted by molar-refractivity contribution is 0.0997. The number of hydrogen-bond donors (Lipinski definition) is 3. The molecule has 0 aliphatic carbocycles. The average molecular weight is 527 g/mol. The molecule has 2 aromatic carbocycles. The summed E-state index contributed by atoms with van der Waals surface area (Å²) in [5, 5.41) is 13.3. The van der Waals surface area contributed by atoms with E-state index in [0.29, 0.717) is 22.3 Å². The van der Waals surface area contributed by atoms with E-state index in [2.05, 4.69) is 20.3 Å². The molecule has 11 heteroatoms. The summed E-state index contributed by atoms with van der Waals surface area (Å²) >= 11 is 0. The Morgan fingerprint density at radius 1 is 0.949 bits per heavy atom. The Kier molecular flexibility index (Phi) is 6.55. The van der Waals surface area contributed by atoms with Crippen LogP contribution in [0.25, 0.3) is 22.2 Å². The number of nitrogens with zero attached hydrogens (tertiary/aromatic N) is 3. The van der Waals surface area contributed by atoms with Crippen LogP contribution >= 0.6 is 0 Å². The zero-order valence-electron chi connectivity index (χ0n) is 20.3. The molecule has 0 saturated heterocycles. The summed E-state index contributed by atoms with van der Waals surface area (Å²) in [7, 11) is 0. The monoisotopic (exact) mass is 527 g/mol. The number of rotatable bonds is 6. The highest BCUT2D eigenvalue weighted by Crippen LogP contribution is 2.35. The molecule has 39 heavy (non-hydrogen) atoms. The topological polar surface area (TPSA) is 140 Å². The van der Waals surface area contributed by atoms with Crippen molar-refractivity contribution in [3.8, 4) is 28.4 Å². The zero-order chi connectivity index (χ0) is 27.7. The van der Waals surface area contributed by atoms with Crippen molar-refractivity contribution in [3.63, 3.8) is 0 Å². The van der Waals surface area contributed by atoms with E-state index in [9.17, 15) is 23.5 Å². The van der Waals surface area contributed by atoms with Crippen molar-refractivity contribution in [1.82, 2.24) is 15.0 Å². The zero-order valence-corrected chi connectivity index (χ0v) is 20.3. The molecule has 3 heterocycles. The molecular formula is C28H19F2N5O4. The fourth-order valence-electron chi connectivity index (χ4n) is 3.92. The number of anilines is 1. The molecule has 0 aliphatic rings. The Labute approximate surface area is 219 Å². The standard InChI is InChI=1S/C28H19F2N5O4/c1-14-24(15-2-4-17(29)5-3-15)26(36)19(13-33-14)28(38)35-18-6-7-22(20(30)11-18)39-23-8-9-32-21-10-16(27(31)37)12-34-25(21)23/h2-13H,1H3,(H2,31,37)(H,33,36)(H,35,38). The van der Waals surface area contributed by atoms with E-state index in [4.69, 9.17) is 10.5 Å². The van der Waals surface area contributed by atoms with Crippen molar-refractivity contribution in [2.75, 3.05) is 5.32 Å². The van der Waals surface area contributed by atoms with Gasteiger partial charge in [0.05, 0.1) is 11.1 Å². The van der Waals surface area contributed by atoms with Gasteiger partial charge in [0.1, 0.15) is 22.6 Å². The number of primary amides is 1. The minimum Gasteiger partial charge on any atom is -0.506 e. The van der Waals surface area contributed by atoms with Gasteiger partial charge in [0.2, 0.25) is 5.91 Å². The molecular weight excluding hydrogens is 508 g/mol. The lowest BCUT2D eigenvalue weighted by atomic mass is 10.0. The SMILES string of the molecule is Cc1ncc(C(=O)Nc2ccc(Oc3ccnc4cc(C(N)=O)cnc34)c(F)c2)c(O)c1-c1ccc(F)cc1. The van der Waals surface area contributed by atoms with Crippen LogP contribution in [0.15, 0.2) is 73.2 Å². The van der Waals surface area contributed by atoms with E-state index >= 15 is 0 Å². The van der Waals surface area contributed by atoms with Gasteiger partial charge in [-0.3, -0.25) is 19.6 Å². The number of fused-ring (bicyclic) bond motifs is 1. The molecule has 0 aliphatic heterocycles. The van der Waals surface area contributed by atoms with Crippen LogP contribution in [0.5, 0.6) is 17.2 Å². The van der Waals surface area contributed by atoms with E-state index in [1.165, 1.54) is 67.1 Å². The fraction of sp³-hybridized carbons (Fsp3) is 0.0357. The summed E-state index contributed by atoms with van der Waals surface area (Å²) < 4.78 is 34.0. The number of ether oxygens (including phenoxy) is 1. The first-order valence-electron chi connectivity index (χ1n) is 11.5. The highest BCUT2D eigenvalue weighted by molar-refractivity contribution is 6.07. The molecule has 0 bridgehead atoms. The quantitative estimate of drug-likeness (QED) is 0.278. The van der Waals surface area contributed by atoms with E-state index in [1.54, 1.807) is 6.92 Å². The molecule has 3 aromatic heterocycles. The van der Waals surface area contributed by atoms with Crippen LogP contribution in [-0.2, 0) is 0 Å². The first kappa shape index (κ1) is 25.2. The van der Waals surface area contributed by atoms with Gasteiger partial charge in [-0.2, -0.15) is 0 Å². The van der Waals surface area contributed by atoms with Gasteiger partial charge in [-0.1, -0.05) is 12.1 Å². The van der Waals surface area contributed by atoms with E-state index in [0.717, 1.165) is 6.07 Å². The lowest BCUT2D eigenvalue weighted by Crippen LogP contribution is -2.13. The molecule has 0 spiro atoms. The average Bonchev–Trinajstić information content (AvgIpc) is 2.91. The van der Waals surface area contributed by atoms with E-state index < -0.39 is 23.4 Å². The number of halogens is 2. The third-order valence-corrected chi connectivity index (χ3v) is 5.85.